The zero-order valence-corrected chi connectivity index (χ0v) is 8.93. The molecule has 0 saturated heterocycles. The van der Waals surface area contributed by atoms with Gasteiger partial charge in [0.25, 0.3) is 0 Å². The molecule has 0 saturated carbocycles. The van der Waals surface area contributed by atoms with Crippen molar-refractivity contribution in [3.05, 3.63) is 28.8 Å². The van der Waals surface area contributed by atoms with Crippen molar-refractivity contribution in [2.45, 2.75) is 32.6 Å². The second-order valence-corrected chi connectivity index (χ2v) is 3.88. The van der Waals surface area contributed by atoms with E-state index in [-0.39, 0.29) is 0 Å². The first-order valence-corrected chi connectivity index (χ1v) is 5.08. The largest absolute Gasteiger partial charge is 0.399 e. The first kappa shape index (κ1) is 10.4. The molecule has 0 spiro atoms. The molecule has 0 aliphatic heterocycles. The summed E-state index contributed by atoms with van der Waals surface area (Å²) in [4.78, 5) is 0. The summed E-state index contributed by atoms with van der Waals surface area (Å²) in [5, 5.41) is 0.793. The average molecular weight is 198 g/mol. The minimum absolute atomic E-state index is 0.526. The molecular formula is C11H16ClN. The highest BCUT2D eigenvalue weighted by Gasteiger charge is 2.08. The van der Waals surface area contributed by atoms with Crippen molar-refractivity contribution >= 4 is 17.3 Å². The topological polar surface area (TPSA) is 26.0 Å². The number of rotatable bonds is 3. The van der Waals surface area contributed by atoms with E-state index in [1.165, 1.54) is 18.4 Å². The molecule has 13 heavy (non-hydrogen) atoms. The molecule has 0 amide bonds. The maximum absolute atomic E-state index is 6.08. The third kappa shape index (κ3) is 2.63. The third-order valence-electron chi connectivity index (χ3n) is 2.28. The Bertz CT molecular complexity index is 283. The highest BCUT2D eigenvalue weighted by Crippen LogP contribution is 2.28. The van der Waals surface area contributed by atoms with E-state index in [9.17, 15) is 0 Å². The number of nitrogens with two attached hydrogens (primary N) is 1. The standard InChI is InChI=1S/C11H16ClN/c1-3-4-8(2)10-6-5-9(13)7-11(10)12/h5-8H,3-4,13H2,1-2H3. The van der Waals surface area contributed by atoms with Crippen LogP contribution < -0.4 is 5.73 Å². The summed E-state index contributed by atoms with van der Waals surface area (Å²) in [5.41, 5.74) is 7.56. The minimum atomic E-state index is 0.526. The van der Waals surface area contributed by atoms with E-state index >= 15 is 0 Å². The highest BCUT2D eigenvalue weighted by molar-refractivity contribution is 6.31. The van der Waals surface area contributed by atoms with Gasteiger partial charge in [-0.2, -0.15) is 0 Å². The molecule has 1 atom stereocenters. The lowest BCUT2D eigenvalue weighted by Crippen LogP contribution is -1.95. The first-order chi connectivity index (χ1) is 6.15. The molecule has 0 radical (unpaired) electrons. The molecule has 2 heteroatoms. The lowest BCUT2D eigenvalue weighted by molar-refractivity contribution is 0.665. The van der Waals surface area contributed by atoms with Crippen LogP contribution in [-0.2, 0) is 0 Å². The third-order valence-corrected chi connectivity index (χ3v) is 2.60. The number of halogens is 1. The molecule has 0 aliphatic carbocycles. The van der Waals surface area contributed by atoms with Crippen LogP contribution >= 0.6 is 11.6 Å². The SMILES string of the molecule is CCCC(C)c1ccc(N)cc1Cl. The van der Waals surface area contributed by atoms with Gasteiger partial charge in [0.1, 0.15) is 0 Å². The average Bonchev–Trinajstić information content (AvgIpc) is 2.04. The Morgan fingerprint density at radius 3 is 2.69 bits per heavy atom. The van der Waals surface area contributed by atoms with Crippen LogP contribution in [0.15, 0.2) is 18.2 Å². The van der Waals surface area contributed by atoms with Crippen LogP contribution in [0.2, 0.25) is 5.02 Å². The molecule has 1 unspecified atom stereocenters. The summed E-state index contributed by atoms with van der Waals surface area (Å²) in [5.74, 6) is 0.526. The number of anilines is 1. The Hall–Kier alpha value is -0.690. The summed E-state index contributed by atoms with van der Waals surface area (Å²) >= 11 is 6.08. The van der Waals surface area contributed by atoms with Gasteiger partial charge in [0.2, 0.25) is 0 Å². The van der Waals surface area contributed by atoms with Crippen molar-refractivity contribution in [2.75, 3.05) is 5.73 Å². The predicted octanol–water partition coefficient (Wildman–Crippen LogP) is 3.83. The van der Waals surface area contributed by atoms with E-state index in [2.05, 4.69) is 13.8 Å². The monoisotopic (exact) mass is 197 g/mol. The Labute approximate surface area is 84.9 Å². The van der Waals surface area contributed by atoms with Gasteiger partial charge in [0, 0.05) is 10.7 Å². The van der Waals surface area contributed by atoms with Crippen LogP contribution in [-0.4, -0.2) is 0 Å². The quantitative estimate of drug-likeness (QED) is 0.733. The number of hydrogen-bond donors (Lipinski definition) is 1. The van der Waals surface area contributed by atoms with Gasteiger partial charge in [-0.25, -0.2) is 0 Å². The van der Waals surface area contributed by atoms with E-state index in [4.69, 9.17) is 17.3 Å². The predicted molar refractivity (Wildman–Crippen MR) is 59.2 cm³/mol. The summed E-state index contributed by atoms with van der Waals surface area (Å²) in [6.07, 6.45) is 2.35. The van der Waals surface area contributed by atoms with Crippen molar-refractivity contribution in [3.8, 4) is 0 Å². The van der Waals surface area contributed by atoms with E-state index in [0.717, 1.165) is 10.7 Å². The maximum Gasteiger partial charge on any atom is 0.0461 e. The molecule has 1 nitrogen and oxygen atoms in total. The zero-order chi connectivity index (χ0) is 9.84. The van der Waals surface area contributed by atoms with Gasteiger partial charge < -0.3 is 5.73 Å². The Kier molecular flexibility index (Phi) is 3.61. The molecule has 0 aliphatic rings. The van der Waals surface area contributed by atoms with Gasteiger partial charge in [0.15, 0.2) is 0 Å². The summed E-state index contributed by atoms with van der Waals surface area (Å²) in [7, 11) is 0. The van der Waals surface area contributed by atoms with E-state index < -0.39 is 0 Å². The van der Waals surface area contributed by atoms with Crippen LogP contribution in [0.4, 0.5) is 5.69 Å². The normalized spacial score (nSPS) is 12.8. The zero-order valence-electron chi connectivity index (χ0n) is 8.18. The maximum atomic E-state index is 6.08. The van der Waals surface area contributed by atoms with Crippen molar-refractivity contribution in [1.82, 2.24) is 0 Å². The molecule has 0 aromatic heterocycles. The molecule has 0 heterocycles. The molecule has 1 aromatic rings. The Morgan fingerprint density at radius 2 is 2.15 bits per heavy atom. The fraction of sp³-hybridized carbons (Fsp3) is 0.455. The van der Waals surface area contributed by atoms with Gasteiger partial charge in [-0.1, -0.05) is 37.9 Å². The summed E-state index contributed by atoms with van der Waals surface area (Å²) in [6.45, 7) is 4.38. The highest BCUT2D eigenvalue weighted by atomic mass is 35.5. The molecular weight excluding hydrogens is 182 g/mol. The van der Waals surface area contributed by atoms with Gasteiger partial charge in [0.05, 0.1) is 0 Å². The smallest absolute Gasteiger partial charge is 0.0461 e. The lowest BCUT2D eigenvalue weighted by atomic mass is 9.96. The lowest BCUT2D eigenvalue weighted by Gasteiger charge is -2.12. The van der Waals surface area contributed by atoms with Crippen LogP contribution in [0.3, 0.4) is 0 Å². The van der Waals surface area contributed by atoms with Gasteiger partial charge in [-0.05, 0) is 30.0 Å². The van der Waals surface area contributed by atoms with Gasteiger partial charge in [-0.3, -0.25) is 0 Å². The van der Waals surface area contributed by atoms with Crippen molar-refractivity contribution in [2.24, 2.45) is 0 Å². The summed E-state index contributed by atoms with van der Waals surface area (Å²) < 4.78 is 0. The first-order valence-electron chi connectivity index (χ1n) is 4.70. The second-order valence-electron chi connectivity index (χ2n) is 3.47. The number of nitrogen functional groups attached to an aromatic ring is 1. The van der Waals surface area contributed by atoms with E-state index in [0.29, 0.717) is 5.92 Å². The molecule has 0 bridgehead atoms. The summed E-state index contributed by atoms with van der Waals surface area (Å²) in [6, 6.07) is 5.76. The second kappa shape index (κ2) is 4.52. The van der Waals surface area contributed by atoms with Crippen LogP contribution in [0.1, 0.15) is 38.2 Å². The van der Waals surface area contributed by atoms with Crippen LogP contribution in [0.5, 0.6) is 0 Å². The molecule has 1 rings (SSSR count). The van der Waals surface area contributed by atoms with E-state index in [1.807, 2.05) is 18.2 Å². The molecule has 2 N–H and O–H groups in total. The van der Waals surface area contributed by atoms with Crippen molar-refractivity contribution in [1.29, 1.82) is 0 Å². The van der Waals surface area contributed by atoms with Gasteiger partial charge in [-0.15, -0.1) is 0 Å². The van der Waals surface area contributed by atoms with Gasteiger partial charge >= 0.3 is 0 Å². The van der Waals surface area contributed by atoms with Crippen molar-refractivity contribution < 1.29 is 0 Å². The number of hydrogen-bond acceptors (Lipinski definition) is 1. The van der Waals surface area contributed by atoms with Crippen LogP contribution in [0.25, 0.3) is 0 Å². The Balaban J connectivity index is 2.88. The molecule has 1 aromatic carbocycles. The van der Waals surface area contributed by atoms with Crippen molar-refractivity contribution in [3.63, 3.8) is 0 Å². The molecule has 0 fully saturated rings. The number of benzene rings is 1. The minimum Gasteiger partial charge on any atom is -0.399 e. The van der Waals surface area contributed by atoms with Crippen LogP contribution in [0, 0.1) is 0 Å². The Morgan fingerprint density at radius 1 is 1.46 bits per heavy atom. The molecule has 72 valence electrons. The fourth-order valence-corrected chi connectivity index (χ4v) is 1.91. The fourth-order valence-electron chi connectivity index (χ4n) is 1.53. The van der Waals surface area contributed by atoms with E-state index in [1.54, 1.807) is 0 Å².